The van der Waals surface area contributed by atoms with Crippen LogP contribution in [0.2, 0.25) is 0 Å². The number of hydrogen-bond acceptors (Lipinski definition) is 7. The van der Waals surface area contributed by atoms with Gasteiger partial charge in [-0.2, -0.15) is 0 Å². The predicted octanol–water partition coefficient (Wildman–Crippen LogP) is 4.55. The third kappa shape index (κ3) is 2.51. The van der Waals surface area contributed by atoms with Crippen molar-refractivity contribution >= 4 is 39.3 Å². The third-order valence-corrected chi connectivity index (χ3v) is 5.20. The molecule has 0 aliphatic heterocycles. The highest BCUT2D eigenvalue weighted by atomic mass is 32.1. The average Bonchev–Trinajstić information content (AvgIpc) is 3.25. The SMILES string of the molecule is O=c1oc2ccc([N+](=O)[O-])cc2cc1-c1nc(-c2cccs2)cs1. The lowest BCUT2D eigenvalue weighted by Gasteiger charge is -1.99. The summed E-state index contributed by atoms with van der Waals surface area (Å²) in [5.41, 5.74) is 0.841. The maximum atomic E-state index is 12.2. The third-order valence-electron chi connectivity index (χ3n) is 3.43. The minimum atomic E-state index is -0.511. The second-order valence-electron chi connectivity index (χ2n) is 4.94. The van der Waals surface area contributed by atoms with E-state index in [1.54, 1.807) is 17.4 Å². The zero-order valence-electron chi connectivity index (χ0n) is 12.0. The van der Waals surface area contributed by atoms with Gasteiger partial charge in [0.1, 0.15) is 10.6 Å². The first kappa shape index (κ1) is 14.7. The van der Waals surface area contributed by atoms with Crippen LogP contribution in [-0.4, -0.2) is 9.91 Å². The molecule has 24 heavy (non-hydrogen) atoms. The molecule has 3 heterocycles. The molecular weight excluding hydrogens is 348 g/mol. The number of aromatic nitrogens is 1. The summed E-state index contributed by atoms with van der Waals surface area (Å²) in [6, 6.07) is 9.60. The van der Waals surface area contributed by atoms with E-state index in [0.29, 0.717) is 21.5 Å². The Kier molecular flexibility index (Phi) is 3.47. The van der Waals surface area contributed by atoms with Gasteiger partial charge in [0.25, 0.3) is 5.69 Å². The van der Waals surface area contributed by atoms with Crippen molar-refractivity contribution in [3.63, 3.8) is 0 Å². The van der Waals surface area contributed by atoms with Crippen molar-refractivity contribution in [2.24, 2.45) is 0 Å². The highest BCUT2D eigenvalue weighted by Crippen LogP contribution is 2.31. The Morgan fingerprint density at radius 1 is 1.17 bits per heavy atom. The molecule has 0 amide bonds. The van der Waals surface area contributed by atoms with Crippen molar-refractivity contribution in [2.45, 2.75) is 0 Å². The second-order valence-corrected chi connectivity index (χ2v) is 6.75. The first-order chi connectivity index (χ1) is 11.6. The van der Waals surface area contributed by atoms with Gasteiger partial charge in [0, 0.05) is 22.9 Å². The normalized spacial score (nSPS) is 11.0. The van der Waals surface area contributed by atoms with Gasteiger partial charge >= 0.3 is 5.63 Å². The van der Waals surface area contributed by atoms with E-state index in [1.165, 1.54) is 29.5 Å². The molecule has 0 unspecified atom stereocenters. The van der Waals surface area contributed by atoms with E-state index in [-0.39, 0.29) is 5.69 Å². The summed E-state index contributed by atoms with van der Waals surface area (Å²) in [4.78, 5) is 28.1. The number of benzene rings is 1. The van der Waals surface area contributed by atoms with Crippen LogP contribution in [0.1, 0.15) is 0 Å². The van der Waals surface area contributed by atoms with Crippen molar-refractivity contribution in [1.82, 2.24) is 4.98 Å². The van der Waals surface area contributed by atoms with Gasteiger partial charge in [0.15, 0.2) is 0 Å². The lowest BCUT2D eigenvalue weighted by molar-refractivity contribution is -0.384. The highest BCUT2D eigenvalue weighted by molar-refractivity contribution is 7.15. The van der Waals surface area contributed by atoms with Crippen LogP contribution in [0, 0.1) is 10.1 Å². The van der Waals surface area contributed by atoms with Gasteiger partial charge in [-0.1, -0.05) is 6.07 Å². The summed E-state index contributed by atoms with van der Waals surface area (Å²) in [7, 11) is 0. The zero-order chi connectivity index (χ0) is 16.7. The fourth-order valence-corrected chi connectivity index (χ4v) is 3.89. The predicted molar refractivity (Wildman–Crippen MR) is 93.6 cm³/mol. The molecule has 6 nitrogen and oxygen atoms in total. The average molecular weight is 356 g/mol. The van der Waals surface area contributed by atoms with Gasteiger partial charge in [0.2, 0.25) is 0 Å². The largest absolute Gasteiger partial charge is 0.422 e. The number of non-ortho nitro benzene ring substituents is 1. The number of nitro benzene ring substituents is 1. The minimum absolute atomic E-state index is 0.0549. The van der Waals surface area contributed by atoms with Gasteiger partial charge in [-0.15, -0.1) is 22.7 Å². The van der Waals surface area contributed by atoms with Gasteiger partial charge in [0.05, 0.1) is 21.1 Å². The number of thiazole rings is 1. The molecule has 0 aliphatic carbocycles. The van der Waals surface area contributed by atoms with Crippen LogP contribution in [-0.2, 0) is 0 Å². The van der Waals surface area contributed by atoms with E-state index >= 15 is 0 Å². The topological polar surface area (TPSA) is 86.2 Å². The molecule has 0 saturated heterocycles. The highest BCUT2D eigenvalue weighted by Gasteiger charge is 2.15. The molecule has 4 aromatic rings. The van der Waals surface area contributed by atoms with Crippen LogP contribution < -0.4 is 5.63 Å². The van der Waals surface area contributed by atoms with E-state index in [9.17, 15) is 14.9 Å². The first-order valence-corrected chi connectivity index (χ1v) is 8.60. The molecule has 1 aromatic carbocycles. The van der Waals surface area contributed by atoms with Crippen molar-refractivity contribution in [3.8, 4) is 21.1 Å². The molecule has 0 atom stereocenters. The number of thiophene rings is 1. The molecule has 0 radical (unpaired) electrons. The summed E-state index contributed by atoms with van der Waals surface area (Å²) in [5.74, 6) is 0. The molecule has 8 heteroatoms. The van der Waals surface area contributed by atoms with Crippen LogP contribution in [0.3, 0.4) is 0 Å². The molecule has 0 saturated carbocycles. The molecule has 4 rings (SSSR count). The lowest BCUT2D eigenvalue weighted by Crippen LogP contribution is -2.02. The maximum absolute atomic E-state index is 12.2. The van der Waals surface area contributed by atoms with Gasteiger partial charge in [-0.25, -0.2) is 9.78 Å². The monoisotopic (exact) mass is 356 g/mol. The van der Waals surface area contributed by atoms with Crippen LogP contribution >= 0.6 is 22.7 Å². The Labute approximate surface area is 142 Å². The molecule has 3 aromatic heterocycles. The fraction of sp³-hybridized carbons (Fsp3) is 0. The Morgan fingerprint density at radius 3 is 2.79 bits per heavy atom. The Hall–Kier alpha value is -2.84. The van der Waals surface area contributed by atoms with E-state index < -0.39 is 10.5 Å². The summed E-state index contributed by atoms with van der Waals surface area (Å²) < 4.78 is 5.27. The standard InChI is InChI=1S/C16H8N2O4S2/c19-16-11(15-17-12(8-24-15)14-2-1-5-23-14)7-9-6-10(18(20)21)3-4-13(9)22-16/h1-8H. The number of fused-ring (bicyclic) bond motifs is 1. The van der Waals surface area contributed by atoms with Crippen molar-refractivity contribution in [3.05, 3.63) is 67.7 Å². The summed E-state index contributed by atoms with van der Waals surface area (Å²) in [6.07, 6.45) is 0. The number of hydrogen-bond donors (Lipinski definition) is 0. The van der Waals surface area contributed by atoms with Crippen LogP contribution in [0.4, 0.5) is 5.69 Å². The van der Waals surface area contributed by atoms with Crippen LogP contribution in [0.25, 0.3) is 32.1 Å². The van der Waals surface area contributed by atoms with Gasteiger partial charge in [-0.3, -0.25) is 10.1 Å². The number of nitro groups is 1. The molecule has 0 spiro atoms. The minimum Gasteiger partial charge on any atom is -0.422 e. The Bertz CT molecular complexity index is 1110. The smallest absolute Gasteiger partial charge is 0.346 e. The quantitative estimate of drug-likeness (QED) is 0.305. The summed E-state index contributed by atoms with van der Waals surface area (Å²) >= 11 is 2.90. The molecule has 0 N–H and O–H groups in total. The van der Waals surface area contributed by atoms with Crippen molar-refractivity contribution < 1.29 is 9.34 Å². The Morgan fingerprint density at radius 2 is 2.04 bits per heavy atom. The first-order valence-electron chi connectivity index (χ1n) is 6.84. The summed E-state index contributed by atoms with van der Waals surface area (Å²) in [6.45, 7) is 0. The lowest BCUT2D eigenvalue weighted by atomic mass is 10.1. The van der Waals surface area contributed by atoms with Crippen molar-refractivity contribution in [1.29, 1.82) is 0 Å². The van der Waals surface area contributed by atoms with E-state index in [2.05, 4.69) is 4.98 Å². The zero-order valence-corrected chi connectivity index (χ0v) is 13.6. The van der Waals surface area contributed by atoms with Gasteiger partial charge < -0.3 is 4.42 Å². The fourth-order valence-electron chi connectivity index (χ4n) is 2.31. The van der Waals surface area contributed by atoms with Gasteiger partial charge in [-0.05, 0) is 23.6 Å². The number of rotatable bonds is 3. The number of nitrogens with zero attached hydrogens (tertiary/aromatic N) is 2. The Balaban J connectivity index is 1.85. The molecule has 118 valence electrons. The van der Waals surface area contributed by atoms with Crippen LogP contribution in [0.5, 0.6) is 0 Å². The van der Waals surface area contributed by atoms with E-state index in [1.807, 2.05) is 22.9 Å². The molecule has 0 fully saturated rings. The maximum Gasteiger partial charge on any atom is 0.346 e. The van der Waals surface area contributed by atoms with Crippen molar-refractivity contribution in [2.75, 3.05) is 0 Å². The van der Waals surface area contributed by atoms with Crippen LogP contribution in [0.15, 0.2) is 56.4 Å². The van der Waals surface area contributed by atoms with E-state index in [0.717, 1.165) is 10.6 Å². The summed E-state index contributed by atoms with van der Waals surface area (Å²) in [5, 5.41) is 15.8. The second kappa shape index (κ2) is 5.66. The molecule has 0 aliphatic rings. The molecule has 0 bridgehead atoms. The molecular formula is C16H8N2O4S2. The van der Waals surface area contributed by atoms with E-state index in [4.69, 9.17) is 4.42 Å².